The normalized spacial score (nSPS) is 12.1. The summed E-state index contributed by atoms with van der Waals surface area (Å²) < 4.78 is 11.2. The van der Waals surface area contributed by atoms with Crippen LogP contribution in [0.5, 0.6) is 0 Å². The molecule has 2 aromatic rings. The van der Waals surface area contributed by atoms with Crippen molar-refractivity contribution in [2.75, 3.05) is 13.2 Å². The fourth-order valence-electron chi connectivity index (χ4n) is 2.02. The quantitative estimate of drug-likeness (QED) is 0.750. The van der Waals surface area contributed by atoms with E-state index in [1.54, 1.807) is 19.2 Å². The van der Waals surface area contributed by atoms with Crippen molar-refractivity contribution in [3.8, 4) is 0 Å². The summed E-state index contributed by atoms with van der Waals surface area (Å²) in [5.74, 6) is -1.08. The van der Waals surface area contributed by atoms with Crippen LogP contribution in [0.2, 0.25) is 0 Å². The summed E-state index contributed by atoms with van der Waals surface area (Å²) in [4.78, 5) is 41.1. The highest BCUT2D eigenvalue weighted by Gasteiger charge is 2.23. The Balaban J connectivity index is 2.45. The number of rotatable bonds is 6. The van der Waals surface area contributed by atoms with Gasteiger partial charge in [-0.3, -0.25) is 9.36 Å². The molecule has 0 saturated heterocycles. The lowest BCUT2D eigenvalue weighted by Gasteiger charge is -2.13. The molecule has 2 rings (SSSR count). The summed E-state index contributed by atoms with van der Waals surface area (Å²) in [6.45, 7) is 5.64. The number of aromatic nitrogens is 2. The molecule has 8 heteroatoms. The van der Waals surface area contributed by atoms with Gasteiger partial charge in [0.15, 0.2) is 0 Å². The summed E-state index contributed by atoms with van der Waals surface area (Å²) in [6, 6.07) is -0.819. The first kappa shape index (κ1) is 17.1. The van der Waals surface area contributed by atoms with Gasteiger partial charge >= 0.3 is 11.9 Å². The Morgan fingerprint density at radius 1 is 1.35 bits per heavy atom. The zero-order valence-electron chi connectivity index (χ0n) is 13.2. The Hall–Kier alpha value is -2.22. The van der Waals surface area contributed by atoms with Gasteiger partial charge in [-0.1, -0.05) is 6.92 Å². The fraction of sp³-hybridized carbons (Fsp3) is 0.467. The fourth-order valence-corrected chi connectivity index (χ4v) is 2.88. The summed E-state index contributed by atoms with van der Waals surface area (Å²) >= 11 is 1.18. The second kappa shape index (κ2) is 7.36. The zero-order valence-corrected chi connectivity index (χ0v) is 14.0. The van der Waals surface area contributed by atoms with Crippen molar-refractivity contribution in [2.45, 2.75) is 33.2 Å². The van der Waals surface area contributed by atoms with Gasteiger partial charge in [-0.15, -0.1) is 11.3 Å². The van der Waals surface area contributed by atoms with E-state index in [4.69, 9.17) is 9.47 Å². The van der Waals surface area contributed by atoms with Crippen LogP contribution in [-0.4, -0.2) is 34.7 Å². The van der Waals surface area contributed by atoms with E-state index in [9.17, 15) is 14.4 Å². The number of fused-ring (bicyclic) bond motifs is 1. The first-order valence-corrected chi connectivity index (χ1v) is 8.21. The van der Waals surface area contributed by atoms with E-state index in [1.165, 1.54) is 22.2 Å². The molecule has 0 spiro atoms. The highest BCUT2D eigenvalue weighted by molar-refractivity contribution is 7.17. The lowest BCUT2D eigenvalue weighted by Crippen LogP contribution is -2.30. The van der Waals surface area contributed by atoms with Crippen LogP contribution in [0.1, 0.15) is 43.6 Å². The Kier molecular flexibility index (Phi) is 5.49. The standard InChI is InChI=1S/C15H18N2O5S/c1-4-6-22-14(19)9(3)17-8-16-12-11(13(17)18)10(7-23-12)15(20)21-5-2/h7-9H,4-6H2,1-3H3. The predicted molar refractivity (Wildman–Crippen MR) is 85.8 cm³/mol. The molecule has 1 unspecified atom stereocenters. The average Bonchev–Trinajstić information content (AvgIpc) is 2.97. The topological polar surface area (TPSA) is 87.5 Å². The molecule has 0 N–H and O–H groups in total. The third-order valence-corrected chi connectivity index (χ3v) is 4.11. The second-order valence-electron chi connectivity index (χ2n) is 4.85. The van der Waals surface area contributed by atoms with Crippen molar-refractivity contribution in [3.63, 3.8) is 0 Å². The van der Waals surface area contributed by atoms with Crippen LogP contribution < -0.4 is 5.56 Å². The Morgan fingerprint density at radius 3 is 2.74 bits per heavy atom. The SMILES string of the molecule is CCCOC(=O)C(C)n1cnc2scc(C(=O)OCC)c2c1=O. The van der Waals surface area contributed by atoms with E-state index in [0.29, 0.717) is 17.9 Å². The Labute approximate surface area is 136 Å². The number of hydrogen-bond donors (Lipinski definition) is 0. The maximum absolute atomic E-state index is 12.7. The molecular formula is C15H18N2O5S. The van der Waals surface area contributed by atoms with Gasteiger partial charge < -0.3 is 9.47 Å². The van der Waals surface area contributed by atoms with E-state index in [1.807, 2.05) is 6.92 Å². The minimum Gasteiger partial charge on any atom is -0.464 e. The van der Waals surface area contributed by atoms with Crippen LogP contribution in [0, 0.1) is 0 Å². The van der Waals surface area contributed by atoms with Crippen LogP contribution in [0.4, 0.5) is 0 Å². The molecule has 124 valence electrons. The number of ether oxygens (including phenoxy) is 2. The van der Waals surface area contributed by atoms with Crippen molar-refractivity contribution in [1.29, 1.82) is 0 Å². The summed E-state index contributed by atoms with van der Waals surface area (Å²) in [7, 11) is 0. The summed E-state index contributed by atoms with van der Waals surface area (Å²) in [5, 5.41) is 1.72. The summed E-state index contributed by atoms with van der Waals surface area (Å²) in [5.41, 5.74) is -0.284. The van der Waals surface area contributed by atoms with Gasteiger partial charge in [-0.05, 0) is 20.3 Å². The molecule has 0 radical (unpaired) electrons. The van der Waals surface area contributed by atoms with Gasteiger partial charge in [0.05, 0.1) is 30.5 Å². The third kappa shape index (κ3) is 3.42. The first-order chi connectivity index (χ1) is 11.0. The monoisotopic (exact) mass is 338 g/mol. The van der Waals surface area contributed by atoms with Crippen molar-refractivity contribution in [3.05, 3.63) is 27.6 Å². The molecule has 0 aromatic carbocycles. The van der Waals surface area contributed by atoms with Crippen LogP contribution in [0.25, 0.3) is 10.2 Å². The molecule has 0 aliphatic heterocycles. The van der Waals surface area contributed by atoms with Crippen LogP contribution in [0.3, 0.4) is 0 Å². The van der Waals surface area contributed by atoms with Crippen LogP contribution >= 0.6 is 11.3 Å². The van der Waals surface area contributed by atoms with E-state index in [2.05, 4.69) is 4.98 Å². The second-order valence-corrected chi connectivity index (χ2v) is 5.71. The van der Waals surface area contributed by atoms with Gasteiger partial charge in [0, 0.05) is 5.38 Å². The van der Waals surface area contributed by atoms with Crippen LogP contribution in [-0.2, 0) is 14.3 Å². The number of hydrogen-bond acceptors (Lipinski definition) is 7. The molecule has 0 aliphatic rings. The van der Waals surface area contributed by atoms with Crippen molar-refractivity contribution >= 4 is 33.5 Å². The van der Waals surface area contributed by atoms with E-state index in [0.717, 1.165) is 0 Å². The smallest absolute Gasteiger partial charge is 0.339 e. The Morgan fingerprint density at radius 2 is 2.09 bits per heavy atom. The van der Waals surface area contributed by atoms with E-state index in [-0.39, 0.29) is 17.6 Å². The maximum Gasteiger partial charge on any atom is 0.339 e. The van der Waals surface area contributed by atoms with Gasteiger partial charge in [0.25, 0.3) is 5.56 Å². The summed E-state index contributed by atoms with van der Waals surface area (Å²) in [6.07, 6.45) is 2.00. The van der Waals surface area contributed by atoms with Crippen molar-refractivity contribution in [1.82, 2.24) is 9.55 Å². The molecule has 0 bridgehead atoms. The van der Waals surface area contributed by atoms with Gasteiger partial charge in [-0.2, -0.15) is 0 Å². The number of esters is 2. The maximum atomic E-state index is 12.7. The average molecular weight is 338 g/mol. The first-order valence-electron chi connectivity index (χ1n) is 7.33. The molecule has 0 aliphatic carbocycles. The molecule has 0 fully saturated rings. The molecule has 0 amide bonds. The third-order valence-electron chi connectivity index (χ3n) is 3.22. The molecule has 23 heavy (non-hydrogen) atoms. The van der Waals surface area contributed by atoms with Gasteiger partial charge in [0.2, 0.25) is 0 Å². The largest absolute Gasteiger partial charge is 0.464 e. The number of carbonyl (C=O) groups excluding carboxylic acids is 2. The lowest BCUT2D eigenvalue weighted by molar-refractivity contribution is -0.147. The highest BCUT2D eigenvalue weighted by Crippen LogP contribution is 2.22. The van der Waals surface area contributed by atoms with Gasteiger partial charge in [-0.25, -0.2) is 14.6 Å². The van der Waals surface area contributed by atoms with Crippen molar-refractivity contribution < 1.29 is 19.1 Å². The number of carbonyl (C=O) groups is 2. The number of nitrogens with zero attached hydrogens (tertiary/aromatic N) is 2. The Bertz CT molecular complexity index is 780. The molecule has 7 nitrogen and oxygen atoms in total. The minimum atomic E-state index is -0.819. The van der Waals surface area contributed by atoms with Crippen LogP contribution in [0.15, 0.2) is 16.5 Å². The molecular weight excluding hydrogens is 320 g/mol. The van der Waals surface area contributed by atoms with Gasteiger partial charge in [0.1, 0.15) is 10.9 Å². The van der Waals surface area contributed by atoms with E-state index < -0.39 is 23.5 Å². The zero-order chi connectivity index (χ0) is 17.0. The highest BCUT2D eigenvalue weighted by atomic mass is 32.1. The number of thiophene rings is 1. The lowest BCUT2D eigenvalue weighted by atomic mass is 10.2. The molecule has 1 atom stereocenters. The minimum absolute atomic E-state index is 0.172. The molecule has 0 saturated carbocycles. The molecule has 2 heterocycles. The molecule has 2 aromatic heterocycles. The van der Waals surface area contributed by atoms with E-state index >= 15 is 0 Å². The van der Waals surface area contributed by atoms with Crippen molar-refractivity contribution in [2.24, 2.45) is 0 Å². The predicted octanol–water partition coefficient (Wildman–Crippen LogP) is 2.15.